The maximum absolute atomic E-state index is 14.7. The smallest absolute Gasteiger partial charge is 0.414 e. The van der Waals surface area contributed by atoms with Crippen LogP contribution in [0.2, 0.25) is 0 Å². The second kappa shape index (κ2) is 18.7. The molecule has 18 nitrogen and oxygen atoms in total. The number of nitrogens with zero attached hydrogens (tertiary/aromatic N) is 6. The van der Waals surface area contributed by atoms with Gasteiger partial charge in [-0.05, 0) is 36.4 Å². The maximum Gasteiger partial charge on any atom is 0.414 e. The van der Waals surface area contributed by atoms with E-state index in [0.29, 0.717) is 75.1 Å². The van der Waals surface area contributed by atoms with Crippen molar-refractivity contribution in [1.82, 2.24) is 20.4 Å². The minimum Gasteiger partial charge on any atom is -0.442 e. The number of ether oxygens (including phenoxy) is 2. The summed E-state index contributed by atoms with van der Waals surface area (Å²) in [6.45, 7) is 5.98. The minimum absolute atomic E-state index is 0.203. The number of hydrogen-bond donors (Lipinski definition) is 4. The van der Waals surface area contributed by atoms with Gasteiger partial charge in [-0.2, -0.15) is 0 Å². The van der Waals surface area contributed by atoms with Gasteiger partial charge in [0, 0.05) is 66.2 Å². The predicted molar refractivity (Wildman–Crippen MR) is 197 cm³/mol. The maximum atomic E-state index is 14.7. The fourth-order valence-corrected chi connectivity index (χ4v) is 6.63. The van der Waals surface area contributed by atoms with Gasteiger partial charge in [0.05, 0.1) is 48.9 Å². The summed E-state index contributed by atoms with van der Waals surface area (Å²) in [5, 5.41) is 23.0. The average molecular weight is 789 g/mol. The summed E-state index contributed by atoms with van der Waals surface area (Å²) in [6, 6.07) is 9.05. The number of benzene rings is 2. The molecule has 2 atom stereocenters. The average Bonchev–Trinajstić information content (AvgIpc) is 3.77. The summed E-state index contributed by atoms with van der Waals surface area (Å²) >= 11 is 0. The molecule has 2 aromatic rings. The van der Waals surface area contributed by atoms with Crippen molar-refractivity contribution >= 4 is 58.6 Å². The summed E-state index contributed by atoms with van der Waals surface area (Å²) in [4.78, 5) is 78.5. The monoisotopic (exact) mass is 788 g/mol. The number of carbonyl (C=O) groups excluding carboxylic acids is 6. The second-order valence-electron chi connectivity index (χ2n) is 13.4. The first-order valence-electron chi connectivity index (χ1n) is 18.1. The molecule has 56 heavy (non-hydrogen) atoms. The van der Waals surface area contributed by atoms with Gasteiger partial charge in [0.2, 0.25) is 23.6 Å². The van der Waals surface area contributed by atoms with Gasteiger partial charge in [0.1, 0.15) is 37.1 Å². The van der Waals surface area contributed by atoms with Gasteiger partial charge in [-0.3, -0.25) is 29.0 Å². The number of amides is 6. The Balaban J connectivity index is 0.000000214. The molecule has 304 valence electrons. The lowest BCUT2D eigenvalue weighted by atomic mass is 10.2. The second-order valence-corrected chi connectivity index (χ2v) is 13.4. The fraction of sp³-hybridized carbons (Fsp3) is 0.500. The summed E-state index contributed by atoms with van der Waals surface area (Å²) in [7, 11) is 0. The van der Waals surface area contributed by atoms with Gasteiger partial charge in [-0.1, -0.05) is 0 Å². The zero-order chi connectivity index (χ0) is 40.5. The molecule has 0 spiro atoms. The molecular formula is C36H46F2N8O10. The minimum atomic E-state index is -0.585. The first-order chi connectivity index (χ1) is 26.8. The Morgan fingerprint density at radius 1 is 0.643 bits per heavy atom. The van der Waals surface area contributed by atoms with Crippen LogP contribution in [0.15, 0.2) is 36.4 Å². The molecule has 6 rings (SSSR count). The number of nitrogens with one attached hydrogen (secondary N) is 2. The Kier molecular flexibility index (Phi) is 13.8. The molecule has 2 aromatic carbocycles. The van der Waals surface area contributed by atoms with Gasteiger partial charge < -0.3 is 49.9 Å². The molecule has 4 saturated heterocycles. The van der Waals surface area contributed by atoms with Crippen molar-refractivity contribution in [3.8, 4) is 0 Å². The molecule has 20 heteroatoms. The molecule has 0 saturated carbocycles. The molecule has 6 amide bonds. The Labute approximate surface area is 321 Å². The van der Waals surface area contributed by atoms with E-state index < -0.39 is 49.2 Å². The van der Waals surface area contributed by atoms with Crippen LogP contribution in [0.4, 0.5) is 41.1 Å². The molecule has 4 N–H and O–H groups in total. The zero-order valence-electron chi connectivity index (χ0n) is 31.1. The number of aliphatic hydroxyl groups excluding tert-OH is 2. The Morgan fingerprint density at radius 3 is 1.30 bits per heavy atom. The third-order valence-electron chi connectivity index (χ3n) is 9.61. The predicted octanol–water partition coefficient (Wildman–Crippen LogP) is -0.144. The van der Waals surface area contributed by atoms with E-state index in [4.69, 9.17) is 19.7 Å². The topological polar surface area (TPSA) is 205 Å². The quantitative estimate of drug-likeness (QED) is 0.249. The van der Waals surface area contributed by atoms with Crippen LogP contribution in [-0.4, -0.2) is 160 Å². The van der Waals surface area contributed by atoms with Crippen molar-refractivity contribution < 1.29 is 57.2 Å². The number of anilines is 4. The SMILES string of the molecule is CC(=O)NC[C@H]1CN(c2ccc(N3CCN(C(=O)CO)CC3)c(F)c2)C(=O)O1.CC(=O)NC[C@H]1CN(c2ccc(N3CCN(C(=O)CO)CC3)c(F)c2)C(=O)O1. The molecule has 4 fully saturated rings. The Bertz CT molecular complexity index is 1660. The van der Waals surface area contributed by atoms with Gasteiger partial charge in [0.25, 0.3) is 0 Å². The van der Waals surface area contributed by atoms with Gasteiger partial charge in [0.15, 0.2) is 0 Å². The number of hydrogen-bond acceptors (Lipinski definition) is 12. The number of halogens is 2. The van der Waals surface area contributed by atoms with Crippen molar-refractivity contribution in [1.29, 1.82) is 0 Å². The van der Waals surface area contributed by atoms with Crippen LogP contribution in [0.25, 0.3) is 0 Å². The number of rotatable bonds is 10. The lowest BCUT2D eigenvalue weighted by molar-refractivity contribution is -0.135. The highest BCUT2D eigenvalue weighted by Crippen LogP contribution is 2.30. The van der Waals surface area contributed by atoms with E-state index in [9.17, 15) is 37.5 Å². The number of aliphatic hydroxyl groups is 2. The molecule has 4 aliphatic rings. The molecule has 4 heterocycles. The Morgan fingerprint density at radius 2 is 1.00 bits per heavy atom. The summed E-state index contributed by atoms with van der Waals surface area (Å²) in [5.41, 5.74) is 1.54. The standard InChI is InChI=1S/2C18H23FN4O5/c2*1-12(25)20-9-14-10-23(18(27)28-14)13-2-3-16(15(19)8-13)21-4-6-22(7-5-21)17(26)11-24/h2*2-3,8,14,24H,4-7,9-11H2,1H3,(H,20,25)/t2*14-/m00/s1. The molecule has 4 aliphatic heterocycles. The largest absolute Gasteiger partial charge is 0.442 e. The van der Waals surface area contributed by atoms with Crippen LogP contribution < -0.4 is 30.2 Å². The number of piperazine rings is 2. The lowest BCUT2D eigenvalue weighted by Crippen LogP contribution is -2.49. The molecule has 0 aromatic heterocycles. The van der Waals surface area contributed by atoms with Crippen LogP contribution >= 0.6 is 0 Å². The summed E-state index contributed by atoms with van der Waals surface area (Å²) in [6.07, 6.45) is -2.15. The number of carbonyl (C=O) groups is 6. The van der Waals surface area contributed by atoms with Crippen molar-refractivity contribution in [2.24, 2.45) is 0 Å². The molecule has 0 bridgehead atoms. The first kappa shape index (κ1) is 41.4. The third kappa shape index (κ3) is 10.3. The molecule has 0 aliphatic carbocycles. The van der Waals surface area contributed by atoms with E-state index in [1.807, 2.05) is 9.80 Å². The van der Waals surface area contributed by atoms with Crippen LogP contribution in [0.3, 0.4) is 0 Å². The van der Waals surface area contributed by atoms with E-state index >= 15 is 0 Å². The van der Waals surface area contributed by atoms with Crippen LogP contribution in [-0.2, 0) is 28.7 Å². The highest BCUT2D eigenvalue weighted by Gasteiger charge is 2.34. The van der Waals surface area contributed by atoms with Gasteiger partial charge in [-0.15, -0.1) is 0 Å². The van der Waals surface area contributed by atoms with Crippen molar-refractivity contribution in [3.05, 3.63) is 48.0 Å². The molecule has 0 radical (unpaired) electrons. The van der Waals surface area contributed by atoms with E-state index in [-0.39, 0.29) is 49.8 Å². The van der Waals surface area contributed by atoms with Crippen molar-refractivity contribution in [2.45, 2.75) is 26.1 Å². The van der Waals surface area contributed by atoms with Crippen molar-refractivity contribution in [2.75, 3.05) is 111 Å². The van der Waals surface area contributed by atoms with Gasteiger partial charge in [-0.25, -0.2) is 18.4 Å². The molecular weight excluding hydrogens is 742 g/mol. The van der Waals surface area contributed by atoms with Crippen LogP contribution in [0, 0.1) is 11.6 Å². The van der Waals surface area contributed by atoms with Crippen molar-refractivity contribution in [3.63, 3.8) is 0 Å². The highest BCUT2D eigenvalue weighted by molar-refractivity contribution is 5.91. The fourth-order valence-electron chi connectivity index (χ4n) is 6.63. The first-order valence-corrected chi connectivity index (χ1v) is 18.1. The summed E-state index contributed by atoms with van der Waals surface area (Å²) in [5.74, 6) is -2.06. The zero-order valence-corrected chi connectivity index (χ0v) is 31.1. The summed E-state index contributed by atoms with van der Waals surface area (Å²) < 4.78 is 39.8. The van der Waals surface area contributed by atoms with Gasteiger partial charge >= 0.3 is 12.2 Å². The lowest BCUT2D eigenvalue weighted by Gasteiger charge is -2.36. The number of cyclic esters (lactones) is 2. The highest BCUT2D eigenvalue weighted by atomic mass is 19.1. The van der Waals surface area contributed by atoms with E-state index in [1.165, 1.54) is 45.6 Å². The van der Waals surface area contributed by atoms with E-state index in [2.05, 4.69) is 10.6 Å². The third-order valence-corrected chi connectivity index (χ3v) is 9.61. The van der Waals surface area contributed by atoms with E-state index in [1.54, 1.807) is 24.3 Å². The van der Waals surface area contributed by atoms with Crippen LogP contribution in [0.1, 0.15) is 13.8 Å². The van der Waals surface area contributed by atoms with E-state index in [0.717, 1.165) is 0 Å². The molecule has 0 unspecified atom stereocenters. The Hall–Kier alpha value is -5.76. The normalized spacial score (nSPS) is 19.6. The van der Waals surface area contributed by atoms with Crippen LogP contribution in [0.5, 0.6) is 0 Å².